The Morgan fingerprint density at radius 1 is 1.14 bits per heavy atom. The molecule has 1 fully saturated rings. The van der Waals surface area contributed by atoms with Crippen molar-refractivity contribution in [3.05, 3.63) is 11.1 Å². The lowest BCUT2D eigenvalue weighted by molar-refractivity contribution is -0.125. The van der Waals surface area contributed by atoms with Gasteiger partial charge in [-0.3, -0.25) is 4.79 Å². The van der Waals surface area contributed by atoms with Gasteiger partial charge in [-0.1, -0.05) is 32.8 Å². The molecule has 0 aromatic carbocycles. The van der Waals surface area contributed by atoms with E-state index in [1.54, 1.807) is 0 Å². The molecule has 0 heterocycles. The smallest absolute Gasteiger partial charge is 0.192 e. The van der Waals surface area contributed by atoms with Crippen LogP contribution in [0.3, 0.4) is 0 Å². The number of allylic oxidation sites excluding steroid dienone is 1. The van der Waals surface area contributed by atoms with Crippen LogP contribution in [0.5, 0.6) is 0 Å². The second-order valence-corrected chi connectivity index (χ2v) is 13.7. The molecule has 0 aromatic heterocycles. The second kappa shape index (κ2) is 7.00. The zero-order valence-corrected chi connectivity index (χ0v) is 17.1. The first-order chi connectivity index (χ1) is 9.89. The molecule has 22 heavy (non-hydrogen) atoms. The number of ketones is 1. The van der Waals surface area contributed by atoms with Crippen LogP contribution in [0.15, 0.2) is 11.1 Å². The van der Waals surface area contributed by atoms with E-state index < -0.39 is 8.32 Å². The average molecular weight is 325 g/mol. The summed E-state index contributed by atoms with van der Waals surface area (Å²) < 4.78 is 6.38. The van der Waals surface area contributed by atoms with Gasteiger partial charge >= 0.3 is 0 Å². The summed E-state index contributed by atoms with van der Waals surface area (Å²) in [5.74, 6) is 0.397. The van der Waals surface area contributed by atoms with Gasteiger partial charge in [0.05, 0.1) is 6.61 Å². The van der Waals surface area contributed by atoms with Crippen molar-refractivity contribution in [2.75, 3.05) is 6.61 Å². The van der Waals surface area contributed by atoms with Crippen molar-refractivity contribution in [2.45, 2.75) is 91.8 Å². The highest BCUT2D eigenvalue weighted by molar-refractivity contribution is 6.74. The zero-order valence-electron chi connectivity index (χ0n) is 16.1. The summed E-state index contributed by atoms with van der Waals surface area (Å²) >= 11 is 0. The summed E-state index contributed by atoms with van der Waals surface area (Å²) in [5, 5.41) is 0.226. The van der Waals surface area contributed by atoms with Crippen molar-refractivity contribution in [1.29, 1.82) is 0 Å². The topological polar surface area (TPSA) is 26.3 Å². The maximum Gasteiger partial charge on any atom is 0.192 e. The number of rotatable bonds is 3. The van der Waals surface area contributed by atoms with E-state index in [1.165, 1.54) is 24.0 Å². The van der Waals surface area contributed by atoms with Crippen molar-refractivity contribution < 1.29 is 9.22 Å². The van der Waals surface area contributed by atoms with E-state index in [1.807, 2.05) is 0 Å². The molecule has 1 aliphatic carbocycles. The highest BCUT2D eigenvalue weighted by Crippen LogP contribution is 2.39. The van der Waals surface area contributed by atoms with Crippen LogP contribution >= 0.6 is 0 Å². The Bertz CT molecular complexity index is 439. The second-order valence-electron chi connectivity index (χ2n) is 8.92. The fourth-order valence-corrected chi connectivity index (χ4v) is 3.91. The van der Waals surface area contributed by atoms with Gasteiger partial charge in [-0.05, 0) is 63.7 Å². The molecule has 0 unspecified atom stereocenters. The molecule has 3 heteroatoms. The van der Waals surface area contributed by atoms with Crippen LogP contribution < -0.4 is 0 Å². The van der Waals surface area contributed by atoms with E-state index >= 15 is 0 Å². The Balaban J connectivity index is 2.96. The third-order valence-electron chi connectivity index (χ3n) is 5.75. The number of carbonyl (C=O) groups excluding carboxylic acids is 1. The van der Waals surface area contributed by atoms with Crippen LogP contribution in [-0.2, 0) is 9.22 Å². The van der Waals surface area contributed by atoms with Gasteiger partial charge in [0.1, 0.15) is 5.78 Å². The first-order valence-corrected chi connectivity index (χ1v) is 11.7. The number of Topliss-reactive ketones (excluding diaryl/α,β-unsaturated/α-hetero) is 1. The van der Waals surface area contributed by atoms with Crippen molar-refractivity contribution in [2.24, 2.45) is 5.41 Å². The summed E-state index contributed by atoms with van der Waals surface area (Å²) in [4.78, 5) is 12.5. The molecular weight excluding hydrogens is 288 g/mol. The predicted octanol–water partition coefficient (Wildman–Crippen LogP) is 5.88. The molecule has 2 nitrogen and oxygen atoms in total. The molecule has 0 aliphatic heterocycles. The summed E-state index contributed by atoms with van der Waals surface area (Å²) in [7, 11) is -1.74. The molecule has 1 aliphatic rings. The van der Waals surface area contributed by atoms with Crippen LogP contribution in [-0.4, -0.2) is 20.7 Å². The SMILES string of the molecule is C/C(CO[Si](C)(C)C(C)(C)C)=C1\CCCCCC(=O)C1(C)C. The van der Waals surface area contributed by atoms with Gasteiger partial charge in [0.25, 0.3) is 0 Å². The quantitative estimate of drug-likeness (QED) is 0.478. The van der Waals surface area contributed by atoms with Crippen molar-refractivity contribution in [1.82, 2.24) is 0 Å². The zero-order chi connectivity index (χ0) is 17.2. The van der Waals surface area contributed by atoms with E-state index in [0.29, 0.717) is 12.4 Å². The van der Waals surface area contributed by atoms with Gasteiger partial charge in [-0.2, -0.15) is 0 Å². The van der Waals surface area contributed by atoms with Crippen LogP contribution in [0.25, 0.3) is 0 Å². The van der Waals surface area contributed by atoms with Gasteiger partial charge in [0.15, 0.2) is 8.32 Å². The minimum Gasteiger partial charge on any atom is -0.413 e. The van der Waals surface area contributed by atoms with Crippen LogP contribution in [0.1, 0.15) is 73.6 Å². The highest BCUT2D eigenvalue weighted by Gasteiger charge is 2.38. The molecule has 0 aromatic rings. The summed E-state index contributed by atoms with van der Waals surface area (Å²) in [6, 6.07) is 0. The number of hydrogen-bond donors (Lipinski definition) is 0. The minimum atomic E-state index is -1.74. The lowest BCUT2D eigenvalue weighted by atomic mass is 9.73. The molecule has 1 rings (SSSR count). The van der Waals surface area contributed by atoms with E-state index in [4.69, 9.17) is 4.43 Å². The standard InChI is InChI=1S/C19H36O2Si/c1-15(14-21-22(7,8)18(2,3)4)16-12-10-9-11-13-17(20)19(16,5)6/h9-14H2,1-8H3/b16-15-. The third kappa shape index (κ3) is 4.54. The minimum absolute atomic E-state index is 0.226. The van der Waals surface area contributed by atoms with E-state index in [-0.39, 0.29) is 10.5 Å². The molecule has 0 radical (unpaired) electrons. The van der Waals surface area contributed by atoms with Gasteiger partial charge < -0.3 is 4.43 Å². The van der Waals surface area contributed by atoms with Gasteiger partial charge in [0.2, 0.25) is 0 Å². The largest absolute Gasteiger partial charge is 0.413 e. The van der Waals surface area contributed by atoms with Gasteiger partial charge in [-0.15, -0.1) is 0 Å². The van der Waals surface area contributed by atoms with Crippen molar-refractivity contribution >= 4 is 14.1 Å². The first-order valence-electron chi connectivity index (χ1n) is 8.76. The molecular formula is C19H36O2Si. The third-order valence-corrected chi connectivity index (χ3v) is 10.2. The van der Waals surface area contributed by atoms with Crippen LogP contribution in [0, 0.1) is 5.41 Å². The Labute approximate surface area is 138 Å². The normalized spacial score (nSPS) is 23.0. The Morgan fingerprint density at radius 3 is 2.23 bits per heavy atom. The fraction of sp³-hybridized carbons (Fsp3) is 0.842. The average Bonchev–Trinajstić information content (AvgIpc) is 2.36. The summed E-state index contributed by atoms with van der Waals surface area (Å²) in [6.45, 7) is 18.4. The lowest BCUT2D eigenvalue weighted by Crippen LogP contribution is -2.41. The molecule has 0 saturated heterocycles. The Morgan fingerprint density at radius 2 is 1.68 bits per heavy atom. The molecule has 1 saturated carbocycles. The van der Waals surface area contributed by atoms with Crippen LogP contribution in [0.4, 0.5) is 0 Å². The molecule has 0 atom stereocenters. The first kappa shape index (κ1) is 19.6. The molecule has 0 amide bonds. The fourth-order valence-electron chi connectivity index (χ4n) is 2.90. The Kier molecular flexibility index (Phi) is 6.25. The van der Waals surface area contributed by atoms with Crippen LogP contribution in [0.2, 0.25) is 18.1 Å². The molecule has 0 N–H and O–H groups in total. The lowest BCUT2D eigenvalue weighted by Gasteiger charge is -2.37. The van der Waals surface area contributed by atoms with Crippen molar-refractivity contribution in [3.63, 3.8) is 0 Å². The summed E-state index contributed by atoms with van der Waals surface area (Å²) in [5.41, 5.74) is 2.29. The molecule has 0 spiro atoms. The maximum absolute atomic E-state index is 12.5. The monoisotopic (exact) mass is 324 g/mol. The maximum atomic E-state index is 12.5. The van der Waals surface area contributed by atoms with Crippen molar-refractivity contribution in [3.8, 4) is 0 Å². The van der Waals surface area contributed by atoms with Gasteiger partial charge in [0, 0.05) is 11.8 Å². The molecule has 128 valence electrons. The molecule has 0 bridgehead atoms. The Hall–Kier alpha value is -0.413. The number of carbonyl (C=O) groups is 1. The summed E-state index contributed by atoms with van der Waals surface area (Å²) in [6.07, 6.45) is 5.19. The van der Waals surface area contributed by atoms with Gasteiger partial charge in [-0.25, -0.2) is 0 Å². The number of hydrogen-bond acceptors (Lipinski definition) is 2. The highest BCUT2D eigenvalue weighted by atomic mass is 28.4. The van der Waals surface area contributed by atoms with E-state index in [2.05, 4.69) is 54.6 Å². The van der Waals surface area contributed by atoms with E-state index in [9.17, 15) is 4.79 Å². The van der Waals surface area contributed by atoms with E-state index in [0.717, 1.165) is 19.3 Å². The predicted molar refractivity (Wildman–Crippen MR) is 97.7 cm³/mol.